The SMILES string of the molecule is CC(C)(C)[N+](=O)c1ccc(-c2cccc3c2C2c4ccccc4C3c3cccc(-c4ccc([N+](=O)C(C)(C)C)cc4)c32)cc1. The summed E-state index contributed by atoms with van der Waals surface area (Å²) < 4.78 is 2.16. The summed E-state index contributed by atoms with van der Waals surface area (Å²) in [6.45, 7) is 11.6. The fraction of sp³-hybridized carbons (Fsp3) is 0.250. The van der Waals surface area contributed by atoms with Gasteiger partial charge < -0.3 is 0 Å². The highest BCUT2D eigenvalue weighted by Gasteiger charge is 2.43. The molecular weight excluding hydrogens is 540 g/mol. The van der Waals surface area contributed by atoms with Crippen molar-refractivity contribution in [3.05, 3.63) is 152 Å². The summed E-state index contributed by atoms with van der Waals surface area (Å²) in [6.07, 6.45) is 0. The molecule has 3 aliphatic rings. The van der Waals surface area contributed by atoms with Crippen LogP contribution in [0, 0.1) is 9.81 Å². The molecule has 0 heterocycles. The van der Waals surface area contributed by atoms with Crippen LogP contribution in [0.4, 0.5) is 11.4 Å². The Labute approximate surface area is 259 Å². The number of nitrogens with zero attached hydrogens (tertiary/aromatic N) is 2. The van der Waals surface area contributed by atoms with E-state index in [9.17, 15) is 9.81 Å². The Kier molecular flexibility index (Phi) is 6.33. The minimum atomic E-state index is -0.507. The third-order valence-electron chi connectivity index (χ3n) is 9.14. The minimum absolute atomic E-state index is 0.0594. The van der Waals surface area contributed by atoms with Crippen molar-refractivity contribution in [3.8, 4) is 22.3 Å². The van der Waals surface area contributed by atoms with Crippen LogP contribution in [0.1, 0.15) is 86.8 Å². The topological polar surface area (TPSA) is 40.2 Å². The fourth-order valence-corrected chi connectivity index (χ4v) is 7.14. The number of hydrogen-bond donors (Lipinski definition) is 0. The first-order chi connectivity index (χ1) is 20.9. The van der Waals surface area contributed by atoms with E-state index >= 15 is 0 Å². The number of rotatable bonds is 4. The van der Waals surface area contributed by atoms with E-state index in [0.29, 0.717) is 11.4 Å². The predicted octanol–water partition coefficient (Wildman–Crippen LogP) is 10.4. The lowest BCUT2D eigenvalue weighted by atomic mass is 9.59. The lowest BCUT2D eigenvalue weighted by Gasteiger charge is -2.44. The summed E-state index contributed by atoms with van der Waals surface area (Å²) in [5.41, 5.74) is 13.0. The summed E-state index contributed by atoms with van der Waals surface area (Å²) in [5.74, 6) is 0.194. The van der Waals surface area contributed by atoms with Gasteiger partial charge >= 0.3 is 0 Å². The zero-order chi connectivity index (χ0) is 31.0. The van der Waals surface area contributed by atoms with Crippen LogP contribution in [0.5, 0.6) is 0 Å². The molecular formula is C40H38N2O2+2. The van der Waals surface area contributed by atoms with Gasteiger partial charge in [0, 0.05) is 97.0 Å². The molecule has 0 aliphatic heterocycles. The van der Waals surface area contributed by atoms with Crippen LogP contribution in [0.15, 0.2) is 109 Å². The van der Waals surface area contributed by atoms with Gasteiger partial charge in [-0.15, -0.1) is 0 Å². The van der Waals surface area contributed by atoms with Crippen LogP contribution in [-0.4, -0.2) is 20.6 Å². The Morgan fingerprint density at radius 3 is 1.18 bits per heavy atom. The quantitative estimate of drug-likeness (QED) is 0.195. The van der Waals surface area contributed by atoms with Gasteiger partial charge in [0.05, 0.1) is 0 Å². The summed E-state index contributed by atoms with van der Waals surface area (Å²) in [5, 5.41) is 0. The zero-order valence-electron chi connectivity index (χ0n) is 26.3. The lowest BCUT2D eigenvalue weighted by Crippen LogP contribution is -2.28. The highest BCUT2D eigenvalue weighted by atomic mass is 16.3. The maximum Gasteiger partial charge on any atom is 0.256 e. The van der Waals surface area contributed by atoms with E-state index in [4.69, 9.17) is 0 Å². The number of hydrogen-bond acceptors (Lipinski definition) is 2. The first-order valence-corrected chi connectivity index (χ1v) is 15.4. The fourth-order valence-electron chi connectivity index (χ4n) is 7.14. The van der Waals surface area contributed by atoms with Gasteiger partial charge in [0.15, 0.2) is 0 Å². The van der Waals surface area contributed by atoms with Crippen molar-refractivity contribution < 1.29 is 9.52 Å². The van der Waals surface area contributed by atoms with E-state index in [1.54, 1.807) is 0 Å². The van der Waals surface area contributed by atoms with E-state index in [0.717, 1.165) is 20.6 Å². The Morgan fingerprint density at radius 2 is 0.795 bits per heavy atom. The molecule has 4 nitrogen and oxygen atoms in total. The molecule has 0 N–H and O–H groups in total. The molecule has 0 fully saturated rings. The van der Waals surface area contributed by atoms with Crippen LogP contribution >= 0.6 is 0 Å². The third kappa shape index (κ3) is 4.35. The van der Waals surface area contributed by atoms with Gasteiger partial charge in [-0.25, -0.2) is 0 Å². The molecule has 218 valence electrons. The van der Waals surface area contributed by atoms with E-state index in [1.807, 2.05) is 65.8 Å². The van der Waals surface area contributed by atoms with E-state index in [2.05, 4.69) is 84.9 Å². The maximum absolute atomic E-state index is 12.9. The molecule has 5 aromatic rings. The Hall–Kier alpha value is -4.70. The van der Waals surface area contributed by atoms with Gasteiger partial charge in [-0.2, -0.15) is 0 Å². The maximum atomic E-state index is 12.9. The van der Waals surface area contributed by atoms with Crippen molar-refractivity contribution in [1.82, 2.24) is 0 Å². The highest BCUT2D eigenvalue weighted by molar-refractivity contribution is 5.83. The van der Waals surface area contributed by atoms with Crippen LogP contribution in [0.25, 0.3) is 22.3 Å². The standard InChI is InChI=1S/C40H38N2O2/c1-39(2,3)41(43)27-21-17-25(18-22-27)29-13-9-15-33-35-31-11-7-8-12-32(31)38(36(29)33)37-30(14-10-16-34(35)37)26-19-23-28(24-20-26)42(44)40(4,5)6/h7-24,35,38H,1-6H3/q+2. The monoisotopic (exact) mass is 578 g/mol. The van der Waals surface area contributed by atoms with Gasteiger partial charge in [-0.3, -0.25) is 0 Å². The molecule has 0 saturated carbocycles. The normalized spacial score (nSPS) is 16.6. The number of benzene rings is 5. The second kappa shape index (κ2) is 9.92. The minimum Gasteiger partial charge on any atom is -0.0619 e. The van der Waals surface area contributed by atoms with Crippen LogP contribution < -0.4 is 0 Å². The van der Waals surface area contributed by atoms with Crippen molar-refractivity contribution in [1.29, 1.82) is 0 Å². The van der Waals surface area contributed by atoms with Gasteiger partial charge in [0.25, 0.3) is 11.4 Å². The summed E-state index contributed by atoms with van der Waals surface area (Å²) in [7, 11) is 0. The van der Waals surface area contributed by atoms with Crippen molar-refractivity contribution in [2.45, 2.75) is 64.5 Å². The highest BCUT2D eigenvalue weighted by Crippen LogP contribution is 2.59. The molecule has 0 aromatic heterocycles. The average Bonchev–Trinajstić information content (AvgIpc) is 3.02. The number of nitroso groups, excluding NO2 is 2. The average molecular weight is 579 g/mol. The van der Waals surface area contributed by atoms with Gasteiger partial charge in [0.2, 0.25) is 11.1 Å². The van der Waals surface area contributed by atoms with Crippen molar-refractivity contribution in [2.24, 2.45) is 0 Å². The summed E-state index contributed by atoms with van der Waals surface area (Å²) >= 11 is 0. The van der Waals surface area contributed by atoms with Gasteiger partial charge in [0.1, 0.15) is 0 Å². The van der Waals surface area contributed by atoms with E-state index in [1.165, 1.54) is 44.5 Å². The summed E-state index contributed by atoms with van der Waals surface area (Å²) in [4.78, 5) is 25.8. The molecule has 0 spiro atoms. The molecule has 5 aromatic carbocycles. The first kappa shape index (κ1) is 28.1. The largest absolute Gasteiger partial charge is 0.256 e. The molecule has 0 amide bonds. The molecule has 0 atom stereocenters. The molecule has 0 radical (unpaired) electrons. The van der Waals surface area contributed by atoms with Crippen LogP contribution in [0.2, 0.25) is 0 Å². The molecule has 8 rings (SSSR count). The van der Waals surface area contributed by atoms with Crippen LogP contribution in [0.3, 0.4) is 0 Å². The van der Waals surface area contributed by atoms with Gasteiger partial charge in [-0.05, 0) is 79.9 Å². The predicted molar refractivity (Wildman–Crippen MR) is 178 cm³/mol. The van der Waals surface area contributed by atoms with Crippen molar-refractivity contribution in [3.63, 3.8) is 0 Å². The van der Waals surface area contributed by atoms with Crippen LogP contribution in [-0.2, 0) is 0 Å². The molecule has 4 heteroatoms. The second-order valence-corrected chi connectivity index (χ2v) is 14.1. The molecule has 44 heavy (non-hydrogen) atoms. The second-order valence-electron chi connectivity index (χ2n) is 14.1. The van der Waals surface area contributed by atoms with E-state index < -0.39 is 11.1 Å². The van der Waals surface area contributed by atoms with E-state index in [-0.39, 0.29) is 11.8 Å². The first-order valence-electron chi connectivity index (χ1n) is 15.4. The Balaban J connectivity index is 1.39. The Bertz CT molecular complexity index is 1830. The smallest absolute Gasteiger partial charge is 0.0619 e. The molecule has 3 aliphatic carbocycles. The molecule has 0 saturated heterocycles. The molecule has 2 bridgehead atoms. The summed E-state index contributed by atoms with van der Waals surface area (Å²) in [6, 6.07) is 38.4. The third-order valence-corrected chi connectivity index (χ3v) is 9.14. The van der Waals surface area contributed by atoms with Gasteiger partial charge in [-0.1, -0.05) is 60.7 Å². The van der Waals surface area contributed by atoms with Crippen molar-refractivity contribution >= 4 is 11.4 Å². The Morgan fingerprint density at radius 1 is 0.432 bits per heavy atom. The molecule has 0 unspecified atom stereocenters. The lowest BCUT2D eigenvalue weighted by molar-refractivity contribution is -0.540. The zero-order valence-corrected chi connectivity index (χ0v) is 26.3. The van der Waals surface area contributed by atoms with Crippen molar-refractivity contribution in [2.75, 3.05) is 0 Å².